The molecule has 0 spiro atoms. The highest BCUT2D eigenvalue weighted by Gasteiger charge is 2.48. The minimum atomic E-state index is -1.29. The third-order valence-electron chi connectivity index (χ3n) is 3.16. The molecule has 1 aromatic rings. The van der Waals surface area contributed by atoms with E-state index in [-0.39, 0.29) is 5.91 Å². The lowest BCUT2D eigenvalue weighted by atomic mass is 10.1. The predicted octanol–water partition coefficient (Wildman–Crippen LogP) is 1.94. The number of hydrogen-bond acceptors (Lipinski definition) is 3. The number of carbonyl (C=O) groups is 2. The molecule has 5 nitrogen and oxygen atoms in total. The maximum Gasteiger partial charge on any atom is 0.256 e. The minimum absolute atomic E-state index is 0.276. The largest absolute Gasteiger partial charge is 0.380 e. The van der Waals surface area contributed by atoms with Gasteiger partial charge in [0, 0.05) is 11.6 Å². The van der Waals surface area contributed by atoms with Gasteiger partial charge in [-0.25, -0.2) is 0 Å². The summed E-state index contributed by atoms with van der Waals surface area (Å²) in [5.74, 6) is -0.772. The molecular formula is C14H17ClN2O3. The zero-order valence-corrected chi connectivity index (χ0v) is 12.0. The van der Waals surface area contributed by atoms with Crippen molar-refractivity contribution in [2.45, 2.75) is 31.8 Å². The van der Waals surface area contributed by atoms with Crippen molar-refractivity contribution in [2.24, 2.45) is 0 Å². The fraction of sp³-hybridized carbons (Fsp3) is 0.429. The second-order valence-corrected chi connectivity index (χ2v) is 5.37. The van der Waals surface area contributed by atoms with Gasteiger partial charge in [0.2, 0.25) is 0 Å². The summed E-state index contributed by atoms with van der Waals surface area (Å²) in [5.41, 5.74) is -0.642. The van der Waals surface area contributed by atoms with Crippen molar-refractivity contribution in [1.82, 2.24) is 5.32 Å². The molecule has 1 fully saturated rings. The standard InChI is InChI=1S/C14H17ClN2O3/c1-2-7-16-12(18)10-4-3-9(15)8-11(10)17-13(19)14(20)5-6-14/h3-4,8,20H,2,5-7H2,1H3,(H,16,18)(H,17,19). The SMILES string of the molecule is CCCNC(=O)c1ccc(Cl)cc1NC(=O)C1(O)CC1. The van der Waals surface area contributed by atoms with E-state index < -0.39 is 11.5 Å². The molecular weight excluding hydrogens is 280 g/mol. The Hall–Kier alpha value is -1.59. The van der Waals surface area contributed by atoms with Crippen LogP contribution in [0.15, 0.2) is 18.2 Å². The lowest BCUT2D eigenvalue weighted by molar-refractivity contribution is -0.125. The second-order valence-electron chi connectivity index (χ2n) is 4.93. The zero-order chi connectivity index (χ0) is 14.8. The molecule has 0 aliphatic heterocycles. The summed E-state index contributed by atoms with van der Waals surface area (Å²) in [6, 6.07) is 4.65. The Kier molecular flexibility index (Phi) is 4.30. The number of anilines is 1. The van der Waals surface area contributed by atoms with Gasteiger partial charge < -0.3 is 15.7 Å². The molecule has 1 saturated carbocycles. The molecule has 6 heteroatoms. The van der Waals surface area contributed by atoms with Gasteiger partial charge in [-0.05, 0) is 37.5 Å². The second kappa shape index (κ2) is 5.81. The summed E-state index contributed by atoms with van der Waals surface area (Å²) < 4.78 is 0. The Morgan fingerprint density at radius 2 is 2.10 bits per heavy atom. The maximum absolute atomic E-state index is 12.0. The van der Waals surface area contributed by atoms with Crippen LogP contribution in [0.5, 0.6) is 0 Å². The third kappa shape index (κ3) is 3.29. The summed E-state index contributed by atoms with van der Waals surface area (Å²) >= 11 is 5.89. The molecule has 0 heterocycles. The fourth-order valence-corrected chi connectivity index (χ4v) is 1.91. The van der Waals surface area contributed by atoms with E-state index in [9.17, 15) is 14.7 Å². The number of nitrogens with one attached hydrogen (secondary N) is 2. The van der Waals surface area contributed by atoms with Crippen molar-refractivity contribution < 1.29 is 14.7 Å². The molecule has 0 aromatic heterocycles. The topological polar surface area (TPSA) is 78.4 Å². The van der Waals surface area contributed by atoms with Crippen LogP contribution in [0.2, 0.25) is 5.02 Å². The first-order chi connectivity index (χ1) is 9.46. The number of rotatable bonds is 5. The first-order valence-electron chi connectivity index (χ1n) is 6.58. The average Bonchev–Trinajstić information content (AvgIpc) is 3.15. The quantitative estimate of drug-likeness (QED) is 0.777. The van der Waals surface area contributed by atoms with E-state index >= 15 is 0 Å². The van der Waals surface area contributed by atoms with Gasteiger partial charge >= 0.3 is 0 Å². The lowest BCUT2D eigenvalue weighted by Crippen LogP contribution is -2.31. The van der Waals surface area contributed by atoms with Gasteiger partial charge in [0.05, 0.1) is 11.3 Å². The molecule has 2 rings (SSSR count). The molecule has 1 aromatic carbocycles. The molecule has 2 amide bonds. The van der Waals surface area contributed by atoms with Crippen molar-refractivity contribution in [2.75, 3.05) is 11.9 Å². The van der Waals surface area contributed by atoms with Gasteiger partial charge in [-0.3, -0.25) is 9.59 Å². The van der Waals surface area contributed by atoms with Gasteiger partial charge in [0.1, 0.15) is 5.60 Å². The monoisotopic (exact) mass is 296 g/mol. The molecule has 0 bridgehead atoms. The van der Waals surface area contributed by atoms with Crippen LogP contribution in [0.4, 0.5) is 5.69 Å². The third-order valence-corrected chi connectivity index (χ3v) is 3.39. The maximum atomic E-state index is 12.0. The molecule has 0 saturated heterocycles. The first kappa shape index (κ1) is 14.8. The van der Waals surface area contributed by atoms with Crippen molar-refractivity contribution in [1.29, 1.82) is 0 Å². The predicted molar refractivity (Wildman–Crippen MR) is 76.9 cm³/mol. The van der Waals surface area contributed by atoms with E-state index in [0.717, 1.165) is 6.42 Å². The Labute approximate surface area is 122 Å². The van der Waals surface area contributed by atoms with Crippen LogP contribution in [0.3, 0.4) is 0 Å². The highest BCUT2D eigenvalue weighted by Crippen LogP contribution is 2.36. The van der Waals surface area contributed by atoms with Crippen molar-refractivity contribution in [3.05, 3.63) is 28.8 Å². The smallest absolute Gasteiger partial charge is 0.256 e. The summed E-state index contributed by atoms with van der Waals surface area (Å²) in [6.45, 7) is 2.51. The number of carbonyl (C=O) groups excluding carboxylic acids is 2. The van der Waals surface area contributed by atoms with Crippen LogP contribution in [0.25, 0.3) is 0 Å². The molecule has 108 valence electrons. The van der Waals surface area contributed by atoms with E-state index in [1.54, 1.807) is 12.1 Å². The van der Waals surface area contributed by atoms with E-state index in [0.29, 0.717) is 35.7 Å². The van der Waals surface area contributed by atoms with Crippen LogP contribution in [-0.2, 0) is 4.79 Å². The van der Waals surface area contributed by atoms with Crippen molar-refractivity contribution in [3.8, 4) is 0 Å². The molecule has 0 unspecified atom stereocenters. The fourth-order valence-electron chi connectivity index (χ4n) is 1.74. The number of benzene rings is 1. The van der Waals surface area contributed by atoms with E-state index in [1.165, 1.54) is 6.07 Å². The van der Waals surface area contributed by atoms with Gasteiger partial charge in [-0.1, -0.05) is 18.5 Å². The van der Waals surface area contributed by atoms with E-state index in [2.05, 4.69) is 10.6 Å². The molecule has 1 aliphatic rings. The van der Waals surface area contributed by atoms with Crippen LogP contribution in [0.1, 0.15) is 36.5 Å². The van der Waals surface area contributed by atoms with E-state index in [1.807, 2.05) is 6.92 Å². The minimum Gasteiger partial charge on any atom is -0.380 e. The molecule has 1 aliphatic carbocycles. The van der Waals surface area contributed by atoms with Crippen molar-refractivity contribution >= 4 is 29.1 Å². The summed E-state index contributed by atoms with van der Waals surface area (Å²) in [5, 5.41) is 15.5. The van der Waals surface area contributed by atoms with Gasteiger partial charge in [-0.15, -0.1) is 0 Å². The number of hydrogen-bond donors (Lipinski definition) is 3. The van der Waals surface area contributed by atoms with E-state index in [4.69, 9.17) is 11.6 Å². The average molecular weight is 297 g/mol. The zero-order valence-electron chi connectivity index (χ0n) is 11.2. The summed E-state index contributed by atoms with van der Waals surface area (Å²) in [6.07, 6.45) is 1.70. The molecule has 3 N–H and O–H groups in total. The number of halogens is 1. The Morgan fingerprint density at radius 3 is 2.70 bits per heavy atom. The summed E-state index contributed by atoms with van der Waals surface area (Å²) in [7, 11) is 0. The number of aliphatic hydroxyl groups is 1. The summed E-state index contributed by atoms with van der Waals surface area (Å²) in [4.78, 5) is 23.9. The Balaban J connectivity index is 2.19. The Bertz CT molecular complexity index is 541. The van der Waals surface area contributed by atoms with Crippen molar-refractivity contribution in [3.63, 3.8) is 0 Å². The van der Waals surface area contributed by atoms with Crippen LogP contribution in [-0.4, -0.2) is 29.1 Å². The molecule has 0 radical (unpaired) electrons. The molecule has 20 heavy (non-hydrogen) atoms. The number of amides is 2. The first-order valence-corrected chi connectivity index (χ1v) is 6.95. The van der Waals surface area contributed by atoms with Crippen LogP contribution < -0.4 is 10.6 Å². The van der Waals surface area contributed by atoms with Crippen LogP contribution in [0, 0.1) is 0 Å². The lowest BCUT2D eigenvalue weighted by Gasteiger charge is -2.13. The molecule has 0 atom stereocenters. The van der Waals surface area contributed by atoms with Crippen LogP contribution >= 0.6 is 11.6 Å². The normalized spacial score (nSPS) is 15.6. The van der Waals surface area contributed by atoms with Gasteiger partial charge in [0.25, 0.3) is 11.8 Å². The van der Waals surface area contributed by atoms with Gasteiger partial charge in [-0.2, -0.15) is 0 Å². The van der Waals surface area contributed by atoms with Gasteiger partial charge in [0.15, 0.2) is 0 Å². The highest BCUT2D eigenvalue weighted by atomic mass is 35.5. The Morgan fingerprint density at radius 1 is 1.40 bits per heavy atom. The highest BCUT2D eigenvalue weighted by molar-refractivity contribution is 6.31.